The lowest BCUT2D eigenvalue weighted by Gasteiger charge is -2.05. The number of halogens is 1. The largest absolute Gasteiger partial charge is 0.351 e. The third kappa shape index (κ3) is 2.60. The van der Waals surface area contributed by atoms with Gasteiger partial charge >= 0.3 is 0 Å². The molecule has 0 unspecified atom stereocenters. The van der Waals surface area contributed by atoms with E-state index in [0.29, 0.717) is 0 Å². The maximum Gasteiger partial charge on any atom is 0.203 e. The minimum Gasteiger partial charge on any atom is -0.351 e. The van der Waals surface area contributed by atoms with Gasteiger partial charge < -0.3 is 9.88 Å². The van der Waals surface area contributed by atoms with Gasteiger partial charge in [0.25, 0.3) is 0 Å². The zero-order valence-electron chi connectivity index (χ0n) is 8.40. The van der Waals surface area contributed by atoms with Crippen molar-refractivity contribution >= 4 is 33.2 Å². The molecule has 2 rings (SSSR count). The molecule has 0 saturated heterocycles. The van der Waals surface area contributed by atoms with Crippen molar-refractivity contribution in [3.05, 3.63) is 33.2 Å². The van der Waals surface area contributed by atoms with Crippen LogP contribution in [-0.2, 0) is 13.1 Å². The van der Waals surface area contributed by atoms with Crippen molar-refractivity contribution in [1.29, 1.82) is 0 Å². The monoisotopic (exact) mass is 285 g/mol. The van der Waals surface area contributed by atoms with Gasteiger partial charge in [0.1, 0.15) is 0 Å². The van der Waals surface area contributed by atoms with Gasteiger partial charge in [-0.05, 0) is 35.0 Å². The maximum absolute atomic E-state index is 4.25. The van der Waals surface area contributed by atoms with Crippen LogP contribution in [0.1, 0.15) is 11.8 Å². The smallest absolute Gasteiger partial charge is 0.203 e. The number of nitrogens with one attached hydrogen (secondary N) is 1. The van der Waals surface area contributed by atoms with E-state index in [4.69, 9.17) is 0 Å². The fraction of sp³-hybridized carbons (Fsp3) is 0.300. The van der Waals surface area contributed by atoms with Gasteiger partial charge in [-0.15, -0.1) is 11.3 Å². The van der Waals surface area contributed by atoms with Gasteiger partial charge in [0.05, 0.1) is 10.3 Å². The summed E-state index contributed by atoms with van der Waals surface area (Å²) in [6.45, 7) is 3.87. The molecule has 0 fully saturated rings. The standard InChI is InChI=1S/C10H12BrN3S/c1-2-14-6-5-12-10(14)13-7-8-3-4-9(11)15-8/h3-6H,2,7H2,1H3,(H,12,13). The van der Waals surface area contributed by atoms with E-state index in [2.05, 4.69) is 49.9 Å². The second kappa shape index (κ2) is 4.81. The minimum atomic E-state index is 0.827. The van der Waals surface area contributed by atoms with E-state index in [1.54, 1.807) is 11.3 Å². The van der Waals surface area contributed by atoms with E-state index in [9.17, 15) is 0 Å². The summed E-state index contributed by atoms with van der Waals surface area (Å²) in [5.74, 6) is 0.932. The molecule has 1 N–H and O–H groups in total. The Balaban J connectivity index is 1.98. The second-order valence-corrected chi connectivity index (χ2v) is 5.64. The summed E-state index contributed by atoms with van der Waals surface area (Å²) < 4.78 is 3.25. The highest BCUT2D eigenvalue weighted by Gasteiger charge is 2.01. The zero-order chi connectivity index (χ0) is 10.7. The van der Waals surface area contributed by atoms with Crippen LogP contribution in [0.15, 0.2) is 28.3 Å². The van der Waals surface area contributed by atoms with Crippen LogP contribution in [-0.4, -0.2) is 9.55 Å². The van der Waals surface area contributed by atoms with Gasteiger partial charge in [-0.2, -0.15) is 0 Å². The first-order chi connectivity index (χ1) is 7.29. The molecule has 5 heteroatoms. The Morgan fingerprint density at radius 3 is 3.07 bits per heavy atom. The average molecular weight is 286 g/mol. The molecule has 3 nitrogen and oxygen atoms in total. The van der Waals surface area contributed by atoms with Crippen molar-refractivity contribution in [2.24, 2.45) is 0 Å². The number of nitrogens with zero attached hydrogens (tertiary/aromatic N) is 2. The molecule has 2 aromatic rings. The van der Waals surface area contributed by atoms with E-state index in [-0.39, 0.29) is 0 Å². The van der Waals surface area contributed by atoms with Crippen molar-refractivity contribution < 1.29 is 0 Å². The molecular weight excluding hydrogens is 274 g/mol. The molecule has 0 radical (unpaired) electrons. The zero-order valence-corrected chi connectivity index (χ0v) is 10.8. The lowest BCUT2D eigenvalue weighted by Crippen LogP contribution is -2.05. The first-order valence-electron chi connectivity index (χ1n) is 4.79. The Morgan fingerprint density at radius 2 is 2.40 bits per heavy atom. The molecule has 0 amide bonds. The van der Waals surface area contributed by atoms with Gasteiger partial charge in [0.15, 0.2) is 0 Å². The minimum absolute atomic E-state index is 0.827. The van der Waals surface area contributed by atoms with Gasteiger partial charge in [-0.25, -0.2) is 4.98 Å². The maximum atomic E-state index is 4.25. The molecule has 0 aliphatic rings. The second-order valence-electron chi connectivity index (χ2n) is 3.10. The molecule has 0 aliphatic carbocycles. The fourth-order valence-electron chi connectivity index (χ4n) is 1.34. The van der Waals surface area contributed by atoms with Crippen LogP contribution in [0.2, 0.25) is 0 Å². The quantitative estimate of drug-likeness (QED) is 0.934. The summed E-state index contributed by atoms with van der Waals surface area (Å²) in [6.07, 6.45) is 3.79. The molecule has 0 spiro atoms. The molecule has 0 aliphatic heterocycles. The number of imidazole rings is 1. The Labute approximate surface area is 101 Å². The van der Waals surface area contributed by atoms with E-state index in [1.807, 2.05) is 12.4 Å². The Hall–Kier alpha value is -0.810. The van der Waals surface area contributed by atoms with E-state index < -0.39 is 0 Å². The van der Waals surface area contributed by atoms with E-state index in [1.165, 1.54) is 4.88 Å². The topological polar surface area (TPSA) is 29.9 Å². The number of hydrogen-bond acceptors (Lipinski definition) is 3. The predicted octanol–water partition coefficient (Wildman–Crippen LogP) is 3.34. The number of aromatic nitrogens is 2. The summed E-state index contributed by atoms with van der Waals surface area (Å²) in [4.78, 5) is 5.55. The molecule has 0 aromatic carbocycles. The molecule has 0 bridgehead atoms. The van der Waals surface area contributed by atoms with Crippen molar-refractivity contribution in [2.45, 2.75) is 20.0 Å². The molecule has 0 saturated carbocycles. The number of rotatable bonds is 4. The van der Waals surface area contributed by atoms with Crippen molar-refractivity contribution in [3.63, 3.8) is 0 Å². The average Bonchev–Trinajstić information content (AvgIpc) is 2.83. The Morgan fingerprint density at radius 1 is 1.53 bits per heavy atom. The highest BCUT2D eigenvalue weighted by Crippen LogP contribution is 2.22. The van der Waals surface area contributed by atoms with Crippen LogP contribution in [0.3, 0.4) is 0 Å². The van der Waals surface area contributed by atoms with Crippen LogP contribution < -0.4 is 5.32 Å². The van der Waals surface area contributed by atoms with Crippen molar-refractivity contribution in [3.8, 4) is 0 Å². The highest BCUT2D eigenvalue weighted by atomic mass is 79.9. The van der Waals surface area contributed by atoms with Crippen LogP contribution in [0, 0.1) is 0 Å². The van der Waals surface area contributed by atoms with Gasteiger partial charge in [0, 0.05) is 23.8 Å². The molecular formula is C10H12BrN3S. The van der Waals surface area contributed by atoms with Crippen LogP contribution >= 0.6 is 27.3 Å². The summed E-state index contributed by atoms with van der Waals surface area (Å²) in [6, 6.07) is 4.18. The van der Waals surface area contributed by atoms with Crippen molar-refractivity contribution in [2.75, 3.05) is 5.32 Å². The summed E-state index contributed by atoms with van der Waals surface area (Å²) in [5, 5.41) is 3.32. The summed E-state index contributed by atoms with van der Waals surface area (Å²) in [7, 11) is 0. The highest BCUT2D eigenvalue weighted by molar-refractivity contribution is 9.11. The Kier molecular flexibility index (Phi) is 3.43. The third-order valence-corrected chi connectivity index (χ3v) is 3.73. The SMILES string of the molecule is CCn1ccnc1NCc1ccc(Br)s1. The van der Waals surface area contributed by atoms with Gasteiger partial charge in [0.2, 0.25) is 5.95 Å². The molecule has 2 heterocycles. The van der Waals surface area contributed by atoms with Crippen LogP contribution in [0.25, 0.3) is 0 Å². The van der Waals surface area contributed by atoms with Crippen molar-refractivity contribution in [1.82, 2.24) is 9.55 Å². The van der Waals surface area contributed by atoms with E-state index >= 15 is 0 Å². The normalized spacial score (nSPS) is 10.5. The number of thiophene rings is 1. The lowest BCUT2D eigenvalue weighted by molar-refractivity contribution is 0.764. The number of aryl methyl sites for hydroxylation is 1. The summed E-state index contributed by atoms with van der Waals surface area (Å²) >= 11 is 5.19. The molecule has 15 heavy (non-hydrogen) atoms. The fourth-order valence-corrected chi connectivity index (χ4v) is 2.77. The van der Waals surface area contributed by atoms with E-state index in [0.717, 1.165) is 22.8 Å². The van der Waals surface area contributed by atoms with Crippen LogP contribution in [0.4, 0.5) is 5.95 Å². The van der Waals surface area contributed by atoms with Gasteiger partial charge in [-0.1, -0.05) is 0 Å². The number of anilines is 1. The molecule has 0 atom stereocenters. The number of hydrogen-bond donors (Lipinski definition) is 1. The first-order valence-corrected chi connectivity index (χ1v) is 6.39. The molecule has 2 aromatic heterocycles. The first kappa shape index (κ1) is 10.7. The van der Waals surface area contributed by atoms with Crippen LogP contribution in [0.5, 0.6) is 0 Å². The predicted molar refractivity (Wildman–Crippen MR) is 67.2 cm³/mol. The third-order valence-electron chi connectivity index (χ3n) is 2.11. The van der Waals surface area contributed by atoms with Gasteiger partial charge in [-0.3, -0.25) is 0 Å². The lowest BCUT2D eigenvalue weighted by atomic mass is 10.5. The summed E-state index contributed by atoms with van der Waals surface area (Å²) in [5.41, 5.74) is 0. The molecule has 80 valence electrons. The Bertz CT molecular complexity index is 435.